The van der Waals surface area contributed by atoms with E-state index in [2.05, 4.69) is 11.2 Å². The third-order valence-electron chi connectivity index (χ3n) is 4.17. The van der Waals surface area contributed by atoms with E-state index in [9.17, 15) is 4.79 Å². The highest BCUT2D eigenvalue weighted by Gasteiger charge is 2.23. The van der Waals surface area contributed by atoms with Gasteiger partial charge in [-0.05, 0) is 48.9 Å². The van der Waals surface area contributed by atoms with Gasteiger partial charge < -0.3 is 9.84 Å². The lowest BCUT2D eigenvalue weighted by Gasteiger charge is -2.07. The zero-order chi connectivity index (χ0) is 16.7. The van der Waals surface area contributed by atoms with Crippen molar-refractivity contribution in [2.24, 2.45) is 0 Å². The molecule has 1 aliphatic carbocycles. The fourth-order valence-corrected chi connectivity index (χ4v) is 3.09. The maximum absolute atomic E-state index is 11.1. The Morgan fingerprint density at radius 1 is 1.25 bits per heavy atom. The molecular formula is C19H16N2O3. The molecule has 3 aromatic rings. The molecule has 120 valence electrons. The Balaban J connectivity index is 1.71. The molecule has 24 heavy (non-hydrogen) atoms. The van der Waals surface area contributed by atoms with Crippen LogP contribution < -0.4 is 4.74 Å². The van der Waals surface area contributed by atoms with E-state index in [4.69, 9.17) is 9.84 Å². The highest BCUT2D eigenvalue weighted by Crippen LogP contribution is 2.37. The van der Waals surface area contributed by atoms with E-state index in [-0.39, 0.29) is 5.56 Å². The summed E-state index contributed by atoms with van der Waals surface area (Å²) >= 11 is 0. The summed E-state index contributed by atoms with van der Waals surface area (Å²) < 4.78 is 7.30. The lowest BCUT2D eigenvalue weighted by molar-refractivity contribution is 0.0697. The van der Waals surface area contributed by atoms with E-state index in [0.29, 0.717) is 6.61 Å². The first kappa shape index (κ1) is 14.5. The van der Waals surface area contributed by atoms with Crippen molar-refractivity contribution in [1.82, 2.24) is 9.78 Å². The monoisotopic (exact) mass is 320 g/mol. The number of carbonyl (C=O) groups is 1. The first-order chi connectivity index (χ1) is 11.7. The Labute approximate surface area is 139 Å². The van der Waals surface area contributed by atoms with E-state index < -0.39 is 5.97 Å². The number of ether oxygens (including phenoxy) is 1. The number of carboxylic acids is 1. The number of carboxylic acid groups (broad SMARTS) is 1. The Morgan fingerprint density at radius 3 is 2.92 bits per heavy atom. The summed E-state index contributed by atoms with van der Waals surface area (Å²) in [5, 5.41) is 13.8. The molecule has 1 heterocycles. The second-order valence-corrected chi connectivity index (χ2v) is 5.73. The number of nitrogens with zero attached hydrogens (tertiary/aromatic N) is 2. The van der Waals surface area contributed by atoms with Crippen LogP contribution in [0.2, 0.25) is 0 Å². The molecule has 2 aromatic carbocycles. The minimum absolute atomic E-state index is 0.255. The predicted octanol–water partition coefficient (Wildman–Crippen LogP) is 3.54. The zero-order valence-electron chi connectivity index (χ0n) is 13.2. The summed E-state index contributed by atoms with van der Waals surface area (Å²) in [6, 6.07) is 12.9. The van der Waals surface area contributed by atoms with Crippen LogP contribution in [0, 0.1) is 0 Å². The van der Waals surface area contributed by atoms with E-state index in [1.807, 2.05) is 31.3 Å². The molecule has 0 saturated carbocycles. The van der Waals surface area contributed by atoms with Crippen molar-refractivity contribution in [2.75, 3.05) is 6.61 Å². The molecule has 5 nitrogen and oxygen atoms in total. The van der Waals surface area contributed by atoms with E-state index in [0.717, 1.165) is 34.7 Å². The molecule has 0 aliphatic heterocycles. The maximum Gasteiger partial charge on any atom is 0.335 e. The summed E-state index contributed by atoms with van der Waals surface area (Å²) in [5.74, 6) is -0.0613. The van der Waals surface area contributed by atoms with Crippen molar-refractivity contribution in [3.05, 3.63) is 65.4 Å². The molecule has 1 aliphatic rings. The van der Waals surface area contributed by atoms with Gasteiger partial charge in [-0.2, -0.15) is 5.10 Å². The van der Waals surface area contributed by atoms with Gasteiger partial charge in [0.2, 0.25) is 0 Å². The van der Waals surface area contributed by atoms with Crippen LogP contribution in [0.1, 0.15) is 28.4 Å². The van der Waals surface area contributed by atoms with Crippen molar-refractivity contribution in [1.29, 1.82) is 0 Å². The third kappa shape index (κ3) is 2.34. The van der Waals surface area contributed by atoms with Crippen molar-refractivity contribution < 1.29 is 14.6 Å². The predicted molar refractivity (Wildman–Crippen MR) is 89.9 cm³/mol. The van der Waals surface area contributed by atoms with E-state index >= 15 is 0 Å². The highest BCUT2D eigenvalue weighted by molar-refractivity contribution is 5.88. The number of rotatable bonds is 4. The smallest absolute Gasteiger partial charge is 0.335 e. The molecule has 4 rings (SSSR count). The van der Waals surface area contributed by atoms with Crippen molar-refractivity contribution in [2.45, 2.75) is 13.3 Å². The number of aromatic carboxylic acids is 1. The Kier molecular flexibility index (Phi) is 3.34. The minimum Gasteiger partial charge on any atom is -0.494 e. The Bertz CT molecular complexity index is 944. The topological polar surface area (TPSA) is 64.3 Å². The molecule has 0 bridgehead atoms. The molecule has 0 unspecified atom stereocenters. The SMILES string of the molecule is CCOc1ccc2c(c1)Cc1cn(-c3cccc(C(=O)O)c3)nc1-2. The van der Waals surface area contributed by atoms with Gasteiger partial charge in [-0.3, -0.25) is 0 Å². The lowest BCUT2D eigenvalue weighted by Crippen LogP contribution is -2.01. The van der Waals surface area contributed by atoms with Gasteiger partial charge in [-0.25, -0.2) is 9.48 Å². The summed E-state index contributed by atoms with van der Waals surface area (Å²) in [6.45, 7) is 2.62. The van der Waals surface area contributed by atoms with Gasteiger partial charge in [0.1, 0.15) is 5.75 Å². The van der Waals surface area contributed by atoms with Gasteiger partial charge in [0, 0.05) is 23.7 Å². The van der Waals surface area contributed by atoms with Crippen LogP contribution in [-0.2, 0) is 6.42 Å². The van der Waals surface area contributed by atoms with Gasteiger partial charge in [-0.15, -0.1) is 0 Å². The van der Waals surface area contributed by atoms with E-state index in [1.165, 1.54) is 5.56 Å². The van der Waals surface area contributed by atoms with Gasteiger partial charge in [0.25, 0.3) is 0 Å². The summed E-state index contributed by atoms with van der Waals surface area (Å²) in [7, 11) is 0. The van der Waals surface area contributed by atoms with Gasteiger partial charge >= 0.3 is 5.97 Å². The van der Waals surface area contributed by atoms with Gasteiger partial charge in [-0.1, -0.05) is 6.07 Å². The van der Waals surface area contributed by atoms with E-state index in [1.54, 1.807) is 22.9 Å². The fraction of sp³-hybridized carbons (Fsp3) is 0.158. The minimum atomic E-state index is -0.939. The number of aromatic nitrogens is 2. The van der Waals surface area contributed by atoms with Crippen molar-refractivity contribution in [3.63, 3.8) is 0 Å². The lowest BCUT2D eigenvalue weighted by atomic mass is 10.1. The highest BCUT2D eigenvalue weighted by atomic mass is 16.5. The molecule has 0 atom stereocenters. The molecule has 0 spiro atoms. The average Bonchev–Trinajstić information content (AvgIpc) is 3.12. The van der Waals surface area contributed by atoms with Crippen LogP contribution in [0.15, 0.2) is 48.7 Å². The Hall–Kier alpha value is -3.08. The van der Waals surface area contributed by atoms with Crippen LogP contribution in [0.4, 0.5) is 0 Å². The fourth-order valence-electron chi connectivity index (χ4n) is 3.09. The molecule has 1 aromatic heterocycles. The number of benzene rings is 2. The largest absolute Gasteiger partial charge is 0.494 e. The van der Waals surface area contributed by atoms with Crippen LogP contribution in [0.5, 0.6) is 5.75 Å². The summed E-state index contributed by atoms with van der Waals surface area (Å²) in [5.41, 5.74) is 5.42. The van der Waals surface area contributed by atoms with Crippen LogP contribution in [0.25, 0.3) is 16.9 Å². The molecule has 5 heteroatoms. The second-order valence-electron chi connectivity index (χ2n) is 5.73. The number of hydrogen-bond donors (Lipinski definition) is 1. The zero-order valence-corrected chi connectivity index (χ0v) is 13.2. The molecule has 0 amide bonds. The van der Waals surface area contributed by atoms with Crippen LogP contribution >= 0.6 is 0 Å². The molecule has 0 saturated heterocycles. The first-order valence-electron chi connectivity index (χ1n) is 7.84. The van der Waals surface area contributed by atoms with Crippen molar-refractivity contribution >= 4 is 5.97 Å². The maximum atomic E-state index is 11.1. The summed E-state index contributed by atoms with van der Waals surface area (Å²) in [6.07, 6.45) is 2.78. The molecular weight excluding hydrogens is 304 g/mol. The van der Waals surface area contributed by atoms with Crippen LogP contribution in [0.3, 0.4) is 0 Å². The van der Waals surface area contributed by atoms with Gasteiger partial charge in [0.05, 0.1) is 23.6 Å². The molecule has 1 N–H and O–H groups in total. The normalized spacial score (nSPS) is 11.9. The van der Waals surface area contributed by atoms with Crippen molar-refractivity contribution in [3.8, 4) is 22.7 Å². The first-order valence-corrected chi connectivity index (χ1v) is 7.84. The quantitative estimate of drug-likeness (QED) is 0.624. The average molecular weight is 320 g/mol. The second kappa shape index (κ2) is 5.53. The molecule has 0 fully saturated rings. The summed E-state index contributed by atoms with van der Waals surface area (Å²) in [4.78, 5) is 11.1. The Morgan fingerprint density at radius 2 is 2.12 bits per heavy atom. The van der Waals surface area contributed by atoms with Crippen LogP contribution in [-0.4, -0.2) is 27.5 Å². The number of fused-ring (bicyclic) bond motifs is 3. The van der Waals surface area contributed by atoms with Gasteiger partial charge in [0.15, 0.2) is 0 Å². The standard InChI is InChI=1S/C19H16N2O3/c1-2-24-16-6-7-17-13(10-16)8-14-11-21(20-18(14)17)15-5-3-4-12(9-15)19(22)23/h3-7,9-11H,2,8H2,1H3,(H,22,23). The third-order valence-corrected chi connectivity index (χ3v) is 4.17. The number of hydrogen-bond acceptors (Lipinski definition) is 3. The molecule has 0 radical (unpaired) electrons.